The van der Waals surface area contributed by atoms with Crippen LogP contribution in [0.3, 0.4) is 0 Å². The summed E-state index contributed by atoms with van der Waals surface area (Å²) in [6.07, 6.45) is 0.545. The van der Waals surface area contributed by atoms with Crippen molar-refractivity contribution in [3.63, 3.8) is 0 Å². The van der Waals surface area contributed by atoms with Crippen LogP contribution in [0.15, 0.2) is 40.9 Å². The van der Waals surface area contributed by atoms with Crippen LogP contribution < -0.4 is 5.32 Å². The van der Waals surface area contributed by atoms with Crippen LogP contribution in [0.2, 0.25) is 0 Å². The molecule has 112 valence electrons. The van der Waals surface area contributed by atoms with E-state index in [-0.39, 0.29) is 6.04 Å². The molecule has 1 N–H and O–H groups in total. The number of rotatable bonds is 5. The molecule has 1 nitrogen and oxygen atoms in total. The quantitative estimate of drug-likeness (QED) is 0.803. The zero-order valence-electron chi connectivity index (χ0n) is 12.1. The minimum absolute atomic E-state index is 0.0306. The second kappa shape index (κ2) is 7.14. The fraction of sp³-hybridized carbons (Fsp3) is 0.294. The zero-order chi connectivity index (χ0) is 15.4. The van der Waals surface area contributed by atoms with E-state index >= 15 is 0 Å². The number of likely N-dealkylation sites (N-methyl/N-ethyl adjacent to an activating group) is 1. The molecular weight excluding hydrogens is 336 g/mol. The van der Waals surface area contributed by atoms with Crippen molar-refractivity contribution in [1.29, 1.82) is 0 Å². The van der Waals surface area contributed by atoms with E-state index < -0.39 is 11.6 Å². The minimum Gasteiger partial charge on any atom is -0.310 e. The SMILES string of the molecule is CCNC(Cc1cc(F)cc(F)c1)c1ccc(Br)c(C)c1. The number of halogens is 3. The Labute approximate surface area is 132 Å². The van der Waals surface area contributed by atoms with E-state index in [1.807, 2.05) is 26.0 Å². The zero-order valence-corrected chi connectivity index (χ0v) is 13.7. The van der Waals surface area contributed by atoms with Crippen LogP contribution in [-0.2, 0) is 6.42 Å². The van der Waals surface area contributed by atoms with E-state index in [0.29, 0.717) is 12.0 Å². The molecule has 0 bridgehead atoms. The number of benzene rings is 2. The highest BCUT2D eigenvalue weighted by atomic mass is 79.9. The fourth-order valence-corrected chi connectivity index (χ4v) is 2.65. The van der Waals surface area contributed by atoms with Gasteiger partial charge in [0.1, 0.15) is 11.6 Å². The fourth-order valence-electron chi connectivity index (χ4n) is 2.40. The van der Waals surface area contributed by atoms with Crippen LogP contribution in [0.25, 0.3) is 0 Å². The van der Waals surface area contributed by atoms with Crippen molar-refractivity contribution >= 4 is 15.9 Å². The van der Waals surface area contributed by atoms with Crippen molar-refractivity contribution in [3.05, 3.63) is 69.2 Å². The summed E-state index contributed by atoms with van der Waals surface area (Å²) in [4.78, 5) is 0. The molecule has 4 heteroatoms. The molecule has 2 aromatic carbocycles. The van der Waals surface area contributed by atoms with Crippen molar-refractivity contribution in [2.45, 2.75) is 26.3 Å². The van der Waals surface area contributed by atoms with Crippen molar-refractivity contribution in [2.75, 3.05) is 6.54 Å². The van der Waals surface area contributed by atoms with E-state index in [9.17, 15) is 8.78 Å². The standard InChI is InChI=1S/C17H18BrF2N/c1-3-21-17(13-4-5-16(18)11(2)6-13)9-12-7-14(19)10-15(20)8-12/h4-8,10,17,21H,3,9H2,1-2H3. The van der Waals surface area contributed by atoms with Gasteiger partial charge in [0.15, 0.2) is 0 Å². The summed E-state index contributed by atoms with van der Waals surface area (Å²) in [7, 11) is 0. The first-order valence-corrected chi connectivity index (χ1v) is 7.73. The van der Waals surface area contributed by atoms with Crippen LogP contribution in [0.4, 0.5) is 8.78 Å². The lowest BCUT2D eigenvalue weighted by molar-refractivity contribution is 0.538. The Morgan fingerprint density at radius 1 is 1.10 bits per heavy atom. The van der Waals surface area contributed by atoms with E-state index in [1.54, 1.807) is 0 Å². The normalized spacial score (nSPS) is 12.4. The summed E-state index contributed by atoms with van der Waals surface area (Å²) in [5.74, 6) is -1.07. The molecule has 21 heavy (non-hydrogen) atoms. The van der Waals surface area contributed by atoms with Crippen LogP contribution >= 0.6 is 15.9 Å². The van der Waals surface area contributed by atoms with Crippen LogP contribution in [0.5, 0.6) is 0 Å². The first-order chi connectivity index (χ1) is 9.99. The van der Waals surface area contributed by atoms with Gasteiger partial charge in [-0.2, -0.15) is 0 Å². The average molecular weight is 354 g/mol. The predicted octanol–water partition coefficient (Wildman–Crippen LogP) is 4.93. The average Bonchev–Trinajstić information content (AvgIpc) is 2.40. The lowest BCUT2D eigenvalue weighted by Crippen LogP contribution is -2.23. The van der Waals surface area contributed by atoms with E-state index in [0.717, 1.165) is 28.2 Å². The monoisotopic (exact) mass is 353 g/mol. The molecule has 1 unspecified atom stereocenters. The van der Waals surface area contributed by atoms with Crippen LogP contribution in [0, 0.1) is 18.6 Å². The van der Waals surface area contributed by atoms with Gasteiger partial charge in [0.2, 0.25) is 0 Å². The van der Waals surface area contributed by atoms with Gasteiger partial charge in [-0.3, -0.25) is 0 Å². The predicted molar refractivity (Wildman–Crippen MR) is 85.4 cm³/mol. The van der Waals surface area contributed by atoms with Crippen LogP contribution in [0.1, 0.15) is 29.7 Å². The molecule has 2 aromatic rings. The topological polar surface area (TPSA) is 12.0 Å². The molecule has 0 spiro atoms. The molecule has 0 amide bonds. The number of hydrogen-bond acceptors (Lipinski definition) is 1. The summed E-state index contributed by atoms with van der Waals surface area (Å²) in [5.41, 5.74) is 2.90. The Bertz CT molecular complexity index is 608. The lowest BCUT2D eigenvalue weighted by Gasteiger charge is -2.19. The lowest BCUT2D eigenvalue weighted by atomic mass is 9.97. The molecule has 0 aliphatic carbocycles. The molecule has 0 aliphatic heterocycles. The Morgan fingerprint density at radius 3 is 2.33 bits per heavy atom. The number of aryl methyl sites for hydroxylation is 1. The first kappa shape index (κ1) is 16.1. The second-order valence-corrected chi connectivity index (χ2v) is 5.96. The highest BCUT2D eigenvalue weighted by molar-refractivity contribution is 9.10. The van der Waals surface area contributed by atoms with Gasteiger partial charge in [-0.25, -0.2) is 8.78 Å². The van der Waals surface area contributed by atoms with Gasteiger partial charge in [0, 0.05) is 16.6 Å². The van der Waals surface area contributed by atoms with Crippen molar-refractivity contribution in [1.82, 2.24) is 5.32 Å². The molecule has 0 aliphatic rings. The van der Waals surface area contributed by atoms with Crippen LogP contribution in [-0.4, -0.2) is 6.54 Å². The highest BCUT2D eigenvalue weighted by Gasteiger charge is 2.13. The van der Waals surface area contributed by atoms with E-state index in [4.69, 9.17) is 0 Å². The summed E-state index contributed by atoms with van der Waals surface area (Å²) >= 11 is 3.48. The number of hydrogen-bond donors (Lipinski definition) is 1. The second-order valence-electron chi connectivity index (χ2n) is 5.10. The maximum Gasteiger partial charge on any atom is 0.126 e. The molecule has 0 saturated heterocycles. The molecular formula is C17H18BrF2N. The summed E-state index contributed by atoms with van der Waals surface area (Å²) in [5, 5.41) is 3.37. The largest absolute Gasteiger partial charge is 0.310 e. The maximum absolute atomic E-state index is 13.3. The van der Waals surface area contributed by atoms with E-state index in [2.05, 4.69) is 27.3 Å². The summed E-state index contributed by atoms with van der Waals surface area (Å²) < 4.78 is 27.7. The third-order valence-electron chi connectivity index (χ3n) is 3.40. The van der Waals surface area contributed by atoms with Crippen molar-refractivity contribution in [2.24, 2.45) is 0 Å². The number of nitrogens with one attached hydrogen (secondary N) is 1. The summed E-state index contributed by atoms with van der Waals surface area (Å²) in [6.45, 7) is 4.83. The van der Waals surface area contributed by atoms with E-state index in [1.165, 1.54) is 12.1 Å². The van der Waals surface area contributed by atoms with Gasteiger partial charge in [0.25, 0.3) is 0 Å². The summed E-state index contributed by atoms with van der Waals surface area (Å²) in [6, 6.07) is 9.82. The third kappa shape index (κ3) is 4.35. The van der Waals surface area contributed by atoms with Gasteiger partial charge in [-0.1, -0.05) is 35.0 Å². The smallest absolute Gasteiger partial charge is 0.126 e. The Kier molecular flexibility index (Phi) is 5.48. The molecule has 0 radical (unpaired) electrons. The van der Waals surface area contributed by atoms with Gasteiger partial charge in [-0.05, 0) is 54.8 Å². The van der Waals surface area contributed by atoms with Crippen molar-refractivity contribution in [3.8, 4) is 0 Å². The van der Waals surface area contributed by atoms with Gasteiger partial charge in [-0.15, -0.1) is 0 Å². The molecule has 0 saturated carbocycles. The van der Waals surface area contributed by atoms with Gasteiger partial charge in [0.05, 0.1) is 0 Å². The van der Waals surface area contributed by atoms with Gasteiger partial charge >= 0.3 is 0 Å². The highest BCUT2D eigenvalue weighted by Crippen LogP contribution is 2.24. The molecule has 2 rings (SSSR count). The minimum atomic E-state index is -0.535. The Hall–Kier alpha value is -1.26. The van der Waals surface area contributed by atoms with Crippen molar-refractivity contribution < 1.29 is 8.78 Å². The molecule has 1 atom stereocenters. The van der Waals surface area contributed by atoms with Gasteiger partial charge < -0.3 is 5.32 Å². The third-order valence-corrected chi connectivity index (χ3v) is 4.29. The first-order valence-electron chi connectivity index (χ1n) is 6.94. The Morgan fingerprint density at radius 2 is 1.76 bits per heavy atom. The molecule has 0 fully saturated rings. The maximum atomic E-state index is 13.3. The molecule has 0 heterocycles. The Balaban J connectivity index is 2.27. The molecule has 0 aromatic heterocycles.